The van der Waals surface area contributed by atoms with Crippen LogP contribution in [0.3, 0.4) is 0 Å². The second-order valence-electron chi connectivity index (χ2n) is 6.00. The van der Waals surface area contributed by atoms with E-state index in [1.54, 1.807) is 0 Å². The first-order valence-electron chi connectivity index (χ1n) is 6.78. The van der Waals surface area contributed by atoms with Crippen LogP contribution in [0.25, 0.3) is 0 Å². The van der Waals surface area contributed by atoms with Gasteiger partial charge in [-0.2, -0.15) is 0 Å². The van der Waals surface area contributed by atoms with Crippen LogP contribution in [0.1, 0.15) is 25.7 Å². The van der Waals surface area contributed by atoms with Crippen LogP contribution in [0.4, 0.5) is 0 Å². The summed E-state index contributed by atoms with van der Waals surface area (Å²) in [6, 6.07) is 0. The van der Waals surface area contributed by atoms with Gasteiger partial charge in [0.15, 0.2) is 0 Å². The molecule has 0 aliphatic carbocycles. The number of likely N-dealkylation sites (tertiary alicyclic amines) is 2. The van der Waals surface area contributed by atoms with Crippen LogP contribution < -0.4 is 0 Å². The summed E-state index contributed by atoms with van der Waals surface area (Å²) in [5.74, 6) is 0.244. The molecule has 3 aliphatic heterocycles. The average Bonchev–Trinajstić information content (AvgIpc) is 3.02. The monoisotopic (exact) mass is 238 g/mol. The normalized spacial score (nSPS) is 38.4. The molecule has 4 nitrogen and oxygen atoms in total. The second-order valence-corrected chi connectivity index (χ2v) is 6.00. The molecule has 0 bridgehead atoms. The van der Waals surface area contributed by atoms with Gasteiger partial charge in [0, 0.05) is 31.7 Å². The van der Waals surface area contributed by atoms with Gasteiger partial charge >= 0.3 is 0 Å². The lowest BCUT2D eigenvalue weighted by Gasteiger charge is -2.25. The molecule has 1 spiro atoms. The van der Waals surface area contributed by atoms with Crippen molar-refractivity contribution in [3.8, 4) is 0 Å². The molecule has 3 rings (SSSR count). The number of hydrogen-bond donors (Lipinski definition) is 0. The van der Waals surface area contributed by atoms with Crippen molar-refractivity contribution < 1.29 is 9.53 Å². The molecule has 3 aliphatic rings. The molecule has 0 unspecified atom stereocenters. The highest BCUT2D eigenvalue weighted by atomic mass is 16.5. The van der Waals surface area contributed by atoms with Crippen molar-refractivity contribution in [1.82, 2.24) is 9.80 Å². The van der Waals surface area contributed by atoms with Crippen LogP contribution in [-0.4, -0.2) is 61.6 Å². The maximum absolute atomic E-state index is 12.3. The molecule has 0 radical (unpaired) electrons. The Labute approximate surface area is 103 Å². The molecule has 96 valence electrons. The first-order chi connectivity index (χ1) is 8.19. The summed E-state index contributed by atoms with van der Waals surface area (Å²) in [7, 11) is 2.18. The maximum Gasteiger partial charge on any atom is 0.251 e. The molecule has 4 heteroatoms. The molecule has 1 amide bonds. The van der Waals surface area contributed by atoms with Crippen molar-refractivity contribution in [2.75, 3.05) is 39.8 Å². The summed E-state index contributed by atoms with van der Waals surface area (Å²) in [6.45, 7) is 4.99. The summed E-state index contributed by atoms with van der Waals surface area (Å²) in [5.41, 5.74) is 0.392. The van der Waals surface area contributed by atoms with E-state index in [2.05, 4.69) is 16.8 Å². The van der Waals surface area contributed by atoms with Gasteiger partial charge < -0.3 is 14.5 Å². The van der Waals surface area contributed by atoms with E-state index in [1.165, 1.54) is 19.4 Å². The maximum atomic E-state index is 12.3. The fourth-order valence-corrected chi connectivity index (χ4v) is 3.59. The first kappa shape index (κ1) is 11.5. The topological polar surface area (TPSA) is 32.8 Å². The molecule has 2 atom stereocenters. The van der Waals surface area contributed by atoms with Crippen molar-refractivity contribution >= 4 is 5.91 Å². The summed E-state index contributed by atoms with van der Waals surface area (Å²) in [4.78, 5) is 16.7. The summed E-state index contributed by atoms with van der Waals surface area (Å²) < 4.78 is 5.50. The molecule has 0 saturated carbocycles. The molecular weight excluding hydrogens is 216 g/mol. The van der Waals surface area contributed by atoms with E-state index in [4.69, 9.17) is 4.74 Å². The summed E-state index contributed by atoms with van der Waals surface area (Å²) >= 11 is 0. The number of nitrogens with zero attached hydrogens (tertiary/aromatic N) is 2. The van der Waals surface area contributed by atoms with Crippen LogP contribution in [0, 0.1) is 5.41 Å². The van der Waals surface area contributed by atoms with E-state index in [-0.39, 0.29) is 12.0 Å². The Bertz CT molecular complexity index is 315. The third-order valence-electron chi connectivity index (χ3n) is 4.58. The Morgan fingerprint density at radius 2 is 2.12 bits per heavy atom. The van der Waals surface area contributed by atoms with E-state index in [0.29, 0.717) is 5.41 Å². The second kappa shape index (κ2) is 4.25. The number of rotatable bonds is 1. The molecule has 3 heterocycles. The predicted octanol–water partition coefficient (Wildman–Crippen LogP) is 0.720. The molecule has 17 heavy (non-hydrogen) atoms. The minimum Gasteiger partial charge on any atom is -0.368 e. The summed E-state index contributed by atoms with van der Waals surface area (Å²) in [5, 5.41) is 0. The van der Waals surface area contributed by atoms with Crippen molar-refractivity contribution in [2.45, 2.75) is 31.8 Å². The standard InChI is InChI=1S/C13H22N2O2/c1-14-6-4-13(9-14)5-7-15(10-13)12(16)11-3-2-8-17-11/h11H,2-10H2,1H3/t11-,13-/m1/s1. The highest BCUT2D eigenvalue weighted by Gasteiger charge is 2.45. The van der Waals surface area contributed by atoms with Gasteiger partial charge in [-0.15, -0.1) is 0 Å². The van der Waals surface area contributed by atoms with E-state index in [1.807, 2.05) is 0 Å². The van der Waals surface area contributed by atoms with Crippen molar-refractivity contribution in [1.29, 1.82) is 0 Å². The third-order valence-corrected chi connectivity index (χ3v) is 4.58. The Hall–Kier alpha value is -0.610. The lowest BCUT2D eigenvalue weighted by atomic mass is 9.86. The van der Waals surface area contributed by atoms with Crippen LogP contribution >= 0.6 is 0 Å². The molecule has 0 N–H and O–H groups in total. The molecule has 3 fully saturated rings. The third kappa shape index (κ3) is 2.08. The van der Waals surface area contributed by atoms with Crippen LogP contribution in [0.2, 0.25) is 0 Å². The first-order valence-corrected chi connectivity index (χ1v) is 6.78. The molecule has 0 aromatic carbocycles. The van der Waals surface area contributed by atoms with Crippen LogP contribution in [0.5, 0.6) is 0 Å². The number of amides is 1. The fourth-order valence-electron chi connectivity index (χ4n) is 3.59. The zero-order valence-electron chi connectivity index (χ0n) is 10.7. The van der Waals surface area contributed by atoms with Crippen LogP contribution in [0.15, 0.2) is 0 Å². The van der Waals surface area contributed by atoms with E-state index in [0.717, 1.165) is 39.1 Å². The fraction of sp³-hybridized carbons (Fsp3) is 0.923. The average molecular weight is 238 g/mol. The van der Waals surface area contributed by atoms with Crippen LogP contribution in [-0.2, 0) is 9.53 Å². The lowest BCUT2D eigenvalue weighted by molar-refractivity contribution is -0.140. The van der Waals surface area contributed by atoms with Gasteiger partial charge in [-0.05, 0) is 39.3 Å². The summed E-state index contributed by atoms with van der Waals surface area (Å²) in [6.07, 6.45) is 4.25. The minimum absolute atomic E-state index is 0.135. The molecule has 3 saturated heterocycles. The quantitative estimate of drug-likeness (QED) is 0.675. The number of carbonyl (C=O) groups excluding carboxylic acids is 1. The Balaban J connectivity index is 1.61. The number of carbonyl (C=O) groups is 1. The number of ether oxygens (including phenoxy) is 1. The highest BCUT2D eigenvalue weighted by molar-refractivity contribution is 5.81. The Morgan fingerprint density at radius 1 is 1.29 bits per heavy atom. The Kier molecular flexibility index (Phi) is 2.87. The molecule has 0 aromatic heterocycles. The van der Waals surface area contributed by atoms with Crippen molar-refractivity contribution in [3.63, 3.8) is 0 Å². The molecular formula is C13H22N2O2. The van der Waals surface area contributed by atoms with Gasteiger partial charge in [0.25, 0.3) is 5.91 Å². The van der Waals surface area contributed by atoms with E-state index < -0.39 is 0 Å². The van der Waals surface area contributed by atoms with Crippen molar-refractivity contribution in [2.24, 2.45) is 5.41 Å². The predicted molar refractivity (Wildman–Crippen MR) is 64.7 cm³/mol. The van der Waals surface area contributed by atoms with Gasteiger partial charge in [-0.3, -0.25) is 4.79 Å². The minimum atomic E-state index is -0.135. The zero-order chi connectivity index (χ0) is 11.9. The Morgan fingerprint density at radius 3 is 2.76 bits per heavy atom. The largest absolute Gasteiger partial charge is 0.368 e. The van der Waals surface area contributed by atoms with E-state index >= 15 is 0 Å². The SMILES string of the molecule is CN1CC[C@@]2(CCN(C(=O)[C@H]3CCCO3)C2)C1. The van der Waals surface area contributed by atoms with Gasteiger partial charge in [0.1, 0.15) is 6.10 Å². The van der Waals surface area contributed by atoms with Crippen molar-refractivity contribution in [3.05, 3.63) is 0 Å². The van der Waals surface area contributed by atoms with E-state index in [9.17, 15) is 4.79 Å². The van der Waals surface area contributed by atoms with Gasteiger partial charge in [-0.1, -0.05) is 0 Å². The highest BCUT2D eigenvalue weighted by Crippen LogP contribution is 2.39. The van der Waals surface area contributed by atoms with Gasteiger partial charge in [0.2, 0.25) is 0 Å². The van der Waals surface area contributed by atoms with Gasteiger partial charge in [0.05, 0.1) is 0 Å². The zero-order valence-corrected chi connectivity index (χ0v) is 10.7. The smallest absolute Gasteiger partial charge is 0.251 e. The van der Waals surface area contributed by atoms with Gasteiger partial charge in [-0.25, -0.2) is 0 Å². The number of hydrogen-bond acceptors (Lipinski definition) is 3. The lowest BCUT2D eigenvalue weighted by Crippen LogP contribution is -2.39. The molecule has 0 aromatic rings.